The Morgan fingerprint density at radius 1 is 0.588 bits per heavy atom. The van der Waals surface area contributed by atoms with Crippen molar-refractivity contribution in [3.05, 3.63) is 94.5 Å². The normalized spacial score (nSPS) is 21.7. The number of hydrogen-bond donors (Lipinski definition) is 3. The van der Waals surface area contributed by atoms with Crippen molar-refractivity contribution in [1.82, 2.24) is 9.80 Å². The topological polar surface area (TPSA) is 208 Å². The lowest BCUT2D eigenvalue weighted by molar-refractivity contribution is -0.147. The number of carbonyl (C=O) groups is 5. The van der Waals surface area contributed by atoms with E-state index in [1.54, 1.807) is 35.1 Å². The lowest BCUT2D eigenvalue weighted by Gasteiger charge is -2.33. The number of fused-ring (bicyclic) bond motifs is 4. The first-order valence-electron chi connectivity index (χ1n) is 29.1. The highest BCUT2D eigenvalue weighted by Gasteiger charge is 2.46. The molecular weight excluding hydrogens is 1020 g/mol. The van der Waals surface area contributed by atoms with Crippen LogP contribution in [-0.4, -0.2) is 128 Å². The number of nitrogens with zero attached hydrogens (tertiary/aromatic N) is 2. The zero-order valence-corrected chi connectivity index (χ0v) is 48.4. The summed E-state index contributed by atoms with van der Waals surface area (Å²) in [5.41, 5.74) is 5.59. The van der Waals surface area contributed by atoms with Gasteiger partial charge in [-0.1, -0.05) is 102 Å². The number of carboxylic acids is 1. The van der Waals surface area contributed by atoms with Crippen molar-refractivity contribution >= 4 is 30.1 Å². The minimum atomic E-state index is -0.985. The average Bonchev–Trinajstić information content (AvgIpc) is 4.09. The highest BCUT2D eigenvalue weighted by atomic mass is 16.6. The van der Waals surface area contributed by atoms with Gasteiger partial charge in [-0.25, -0.2) is 19.2 Å². The van der Waals surface area contributed by atoms with Gasteiger partial charge < -0.3 is 53.5 Å². The summed E-state index contributed by atoms with van der Waals surface area (Å²) in [5.74, 6) is 1.64. The SMILES string of the molecule is C.CCCCC[C@@H](CC[C@@H]1[C@H]2Cc3cccc(OCC(=O)O)c3C[C@H]2C[C@H]1O)OC(=O)N(C)C.CCCCC[C@@H](CC[C@@H]1[C@H]2Cc3cccc(OCC(=O)OCc4ccccc4)c3C[C@H]2C[C@H]1O)OC(=O)N(C)C.CCOC(C)=O. The van der Waals surface area contributed by atoms with E-state index in [0.29, 0.717) is 36.0 Å². The molecule has 80 heavy (non-hydrogen) atoms. The van der Waals surface area contributed by atoms with Gasteiger partial charge in [0.25, 0.3) is 0 Å². The first-order valence-corrected chi connectivity index (χ1v) is 29.1. The van der Waals surface area contributed by atoms with E-state index < -0.39 is 11.9 Å². The van der Waals surface area contributed by atoms with E-state index in [0.717, 1.165) is 138 Å². The van der Waals surface area contributed by atoms with Gasteiger partial charge in [-0.05, 0) is 172 Å². The molecule has 0 heterocycles. The number of esters is 2. The minimum Gasteiger partial charge on any atom is -0.482 e. The molecule has 3 aromatic rings. The van der Waals surface area contributed by atoms with Gasteiger partial charge in [0, 0.05) is 35.1 Å². The van der Waals surface area contributed by atoms with Gasteiger partial charge in [-0.15, -0.1) is 0 Å². The molecule has 0 spiro atoms. The summed E-state index contributed by atoms with van der Waals surface area (Å²) in [6, 6.07) is 21.5. The Morgan fingerprint density at radius 3 is 1.45 bits per heavy atom. The number of carboxylic acid groups (broad SMARTS) is 1. The second kappa shape index (κ2) is 34.4. The van der Waals surface area contributed by atoms with E-state index in [1.807, 2.05) is 54.6 Å². The molecule has 3 aromatic carbocycles. The Balaban J connectivity index is 0.000000313. The number of amides is 2. The fourth-order valence-corrected chi connectivity index (χ4v) is 12.2. The molecule has 2 fully saturated rings. The summed E-state index contributed by atoms with van der Waals surface area (Å²) >= 11 is 0. The highest BCUT2D eigenvalue weighted by molar-refractivity contribution is 5.71. The molecule has 0 saturated heterocycles. The summed E-state index contributed by atoms with van der Waals surface area (Å²) in [5, 5.41) is 31.0. The van der Waals surface area contributed by atoms with Crippen LogP contribution in [0.25, 0.3) is 0 Å². The lowest BCUT2D eigenvalue weighted by Crippen LogP contribution is -2.31. The summed E-state index contributed by atoms with van der Waals surface area (Å²) in [7, 11) is 6.82. The van der Waals surface area contributed by atoms with Crippen molar-refractivity contribution in [3.63, 3.8) is 0 Å². The van der Waals surface area contributed by atoms with Crippen LogP contribution in [0.4, 0.5) is 9.59 Å². The molecule has 16 nitrogen and oxygen atoms in total. The smallest absolute Gasteiger partial charge is 0.409 e. The Kier molecular flexibility index (Phi) is 28.7. The minimum absolute atomic E-state index is 0. The van der Waals surface area contributed by atoms with Crippen molar-refractivity contribution < 1.29 is 67.7 Å². The third-order valence-corrected chi connectivity index (χ3v) is 16.1. The summed E-state index contributed by atoms with van der Waals surface area (Å²) in [6.07, 6.45) is 14.8. The Hall–Kier alpha value is -5.87. The molecule has 7 rings (SSSR count). The number of aliphatic hydroxyl groups excluding tert-OH is 2. The van der Waals surface area contributed by atoms with Crippen LogP contribution < -0.4 is 9.47 Å². The molecule has 16 heteroatoms. The maximum absolute atomic E-state index is 12.3. The Morgan fingerprint density at radius 2 is 1.05 bits per heavy atom. The van der Waals surface area contributed by atoms with Gasteiger partial charge in [0.15, 0.2) is 13.2 Å². The van der Waals surface area contributed by atoms with Crippen molar-refractivity contribution in [3.8, 4) is 11.5 Å². The van der Waals surface area contributed by atoms with Crippen LogP contribution in [0.3, 0.4) is 0 Å². The summed E-state index contributed by atoms with van der Waals surface area (Å²) < 4.78 is 32.8. The molecular formula is C64H96N2O14. The van der Waals surface area contributed by atoms with Crippen molar-refractivity contribution in [2.24, 2.45) is 35.5 Å². The molecule has 10 atom stereocenters. The fourth-order valence-electron chi connectivity index (χ4n) is 12.2. The van der Waals surface area contributed by atoms with E-state index in [2.05, 4.69) is 30.7 Å². The van der Waals surface area contributed by atoms with Crippen LogP contribution in [0.15, 0.2) is 66.7 Å². The second-order valence-electron chi connectivity index (χ2n) is 22.4. The molecule has 0 radical (unpaired) electrons. The number of unbranched alkanes of at least 4 members (excludes halogenated alkanes) is 4. The predicted molar refractivity (Wildman–Crippen MR) is 308 cm³/mol. The third-order valence-electron chi connectivity index (χ3n) is 16.1. The van der Waals surface area contributed by atoms with E-state index in [4.69, 9.17) is 28.8 Å². The van der Waals surface area contributed by atoms with Crippen LogP contribution in [0.2, 0.25) is 0 Å². The Labute approximate surface area is 477 Å². The number of benzene rings is 3. The fraction of sp³-hybridized carbons (Fsp3) is 0.641. The van der Waals surface area contributed by atoms with Crippen LogP contribution in [0, 0.1) is 35.5 Å². The highest BCUT2D eigenvalue weighted by Crippen LogP contribution is 2.50. The van der Waals surface area contributed by atoms with E-state index in [1.165, 1.54) is 27.9 Å². The van der Waals surface area contributed by atoms with Crippen molar-refractivity contribution in [1.29, 1.82) is 0 Å². The van der Waals surface area contributed by atoms with E-state index in [9.17, 15) is 34.2 Å². The first-order chi connectivity index (χ1) is 37.9. The van der Waals surface area contributed by atoms with Crippen molar-refractivity contribution in [2.45, 2.75) is 182 Å². The second-order valence-corrected chi connectivity index (χ2v) is 22.4. The summed E-state index contributed by atoms with van der Waals surface area (Å²) in [4.78, 5) is 60.4. The van der Waals surface area contributed by atoms with Gasteiger partial charge in [-0.2, -0.15) is 0 Å². The molecule has 0 aromatic heterocycles. The van der Waals surface area contributed by atoms with Gasteiger partial charge in [0.1, 0.15) is 30.3 Å². The van der Waals surface area contributed by atoms with Crippen molar-refractivity contribution in [2.75, 3.05) is 48.0 Å². The number of ether oxygens (including phenoxy) is 6. The molecule has 4 aliphatic rings. The maximum Gasteiger partial charge on any atom is 0.409 e. The molecule has 2 amide bonds. The van der Waals surface area contributed by atoms with Gasteiger partial charge in [0.05, 0.1) is 18.8 Å². The lowest BCUT2D eigenvalue weighted by atomic mass is 9.73. The van der Waals surface area contributed by atoms with Crippen LogP contribution >= 0.6 is 0 Å². The monoisotopic (exact) mass is 1120 g/mol. The number of rotatable bonds is 25. The van der Waals surface area contributed by atoms with Gasteiger partial charge in [0.2, 0.25) is 0 Å². The Bertz CT molecular complexity index is 2360. The zero-order valence-electron chi connectivity index (χ0n) is 48.4. The van der Waals surface area contributed by atoms with Crippen LogP contribution in [0.1, 0.15) is 153 Å². The standard InChI is InChI=1S/C33H45NO6.C26H39NO6.C4H8O2.CH4/c1-4-5-7-14-26(40-33(37)34(2)3)16-17-27-28-18-24-13-10-15-31(29(24)19-25(28)20-30(27)35)38-22-32(36)39-21-23-11-8-6-9-12-23;1-4-5-6-9-19(33-26(31)27(2)3)11-12-20-21-13-17-8-7-10-24(32-16-25(29)30)22(17)14-18(21)15-23(20)28;1-3-6-4(2)5;/h6,8-13,15,25-28,30,35H,4-5,7,14,16-22H2,1-3H3;7-8,10,18-21,23,28H,4-6,9,11-16H2,1-3H3,(H,29,30);3H2,1-2H3;1H4/t25-,26-,27+,28-,30+;18-,19-,20+,21-,23+;;/m00../s1. The van der Waals surface area contributed by atoms with Crippen LogP contribution in [-0.2, 0) is 65.6 Å². The van der Waals surface area contributed by atoms with E-state index >= 15 is 0 Å². The molecule has 0 aliphatic heterocycles. The van der Waals surface area contributed by atoms with Gasteiger partial charge in [-0.3, -0.25) is 4.79 Å². The predicted octanol–water partition coefficient (Wildman–Crippen LogP) is 11.4. The maximum atomic E-state index is 12.3. The molecule has 4 aliphatic carbocycles. The zero-order chi connectivity index (χ0) is 57.4. The number of aliphatic carboxylic acids is 1. The molecule has 0 unspecified atom stereocenters. The average molecular weight is 1120 g/mol. The molecule has 0 bridgehead atoms. The third kappa shape index (κ3) is 20.9. The molecule has 2 saturated carbocycles. The van der Waals surface area contributed by atoms with Gasteiger partial charge >= 0.3 is 30.1 Å². The number of carbonyl (C=O) groups excluding carboxylic acids is 4. The largest absolute Gasteiger partial charge is 0.482 e. The molecule has 446 valence electrons. The number of hydrogen-bond acceptors (Lipinski definition) is 13. The van der Waals surface area contributed by atoms with E-state index in [-0.39, 0.29) is 81.7 Å². The quantitative estimate of drug-likeness (QED) is 0.0410. The first kappa shape index (κ1) is 66.6. The van der Waals surface area contributed by atoms with Crippen LogP contribution in [0.5, 0.6) is 11.5 Å². The number of aliphatic hydroxyl groups is 2. The molecule has 3 N–H and O–H groups in total. The summed E-state index contributed by atoms with van der Waals surface area (Å²) in [6.45, 7) is 7.74.